The molecule has 0 bridgehead atoms. The molecule has 0 heterocycles. The lowest BCUT2D eigenvalue weighted by molar-refractivity contribution is 0.573. The molecule has 1 aliphatic rings. The minimum atomic E-state index is 0.521. The van der Waals surface area contributed by atoms with Gasteiger partial charge >= 0.3 is 0 Å². The van der Waals surface area contributed by atoms with E-state index in [0.29, 0.717) is 11.8 Å². The van der Waals surface area contributed by atoms with E-state index in [9.17, 15) is 0 Å². The Bertz CT molecular complexity index is 478. The highest BCUT2D eigenvalue weighted by Gasteiger charge is 2.29. The van der Waals surface area contributed by atoms with E-state index >= 15 is 0 Å². The van der Waals surface area contributed by atoms with Gasteiger partial charge in [-0.1, -0.05) is 56.3 Å². The van der Waals surface area contributed by atoms with Gasteiger partial charge in [-0.15, -0.1) is 0 Å². The maximum atomic E-state index is 3.43. The van der Waals surface area contributed by atoms with Crippen molar-refractivity contribution in [2.45, 2.75) is 19.8 Å². The molecule has 1 radical (unpaired) electrons. The highest BCUT2D eigenvalue weighted by Crippen LogP contribution is 2.47. The van der Waals surface area contributed by atoms with Gasteiger partial charge in [0.2, 0.25) is 0 Å². The van der Waals surface area contributed by atoms with E-state index in [1.54, 1.807) is 0 Å². The molecule has 0 aliphatic heterocycles. The standard InChI is InChI=1S/C16H15/c1-11(2)16-14-9-5-3-7-12(14)13-8-4-6-10-15(13)16/h3-9,11,16H,1-2H3. The highest BCUT2D eigenvalue weighted by molar-refractivity contribution is 5.78. The Kier molecular flexibility index (Phi) is 2.10. The molecule has 1 aliphatic carbocycles. The van der Waals surface area contributed by atoms with Crippen LogP contribution < -0.4 is 0 Å². The third-order valence-corrected chi connectivity index (χ3v) is 3.45. The Morgan fingerprint density at radius 3 is 2.56 bits per heavy atom. The van der Waals surface area contributed by atoms with Crippen LogP contribution in [-0.4, -0.2) is 0 Å². The Labute approximate surface area is 96.9 Å². The average molecular weight is 207 g/mol. The monoisotopic (exact) mass is 207 g/mol. The molecule has 0 spiro atoms. The van der Waals surface area contributed by atoms with Crippen molar-refractivity contribution in [1.29, 1.82) is 0 Å². The van der Waals surface area contributed by atoms with E-state index in [1.165, 1.54) is 22.3 Å². The summed E-state index contributed by atoms with van der Waals surface area (Å²) in [7, 11) is 0. The van der Waals surface area contributed by atoms with Gasteiger partial charge in [0.15, 0.2) is 0 Å². The molecule has 1 atom stereocenters. The molecule has 1 unspecified atom stereocenters. The molecule has 0 saturated heterocycles. The lowest BCUT2D eigenvalue weighted by atomic mass is 9.87. The summed E-state index contributed by atoms with van der Waals surface area (Å²) in [5, 5.41) is 0. The molecule has 16 heavy (non-hydrogen) atoms. The molecule has 0 amide bonds. The summed E-state index contributed by atoms with van der Waals surface area (Å²) in [6, 6.07) is 18.5. The van der Waals surface area contributed by atoms with Gasteiger partial charge in [-0.25, -0.2) is 0 Å². The minimum Gasteiger partial charge on any atom is -0.0619 e. The number of hydrogen-bond donors (Lipinski definition) is 0. The molecule has 3 rings (SSSR count). The number of hydrogen-bond acceptors (Lipinski definition) is 0. The number of rotatable bonds is 1. The van der Waals surface area contributed by atoms with Crippen molar-refractivity contribution in [3.63, 3.8) is 0 Å². The zero-order chi connectivity index (χ0) is 11.1. The average Bonchev–Trinajstić information content (AvgIpc) is 2.63. The van der Waals surface area contributed by atoms with Crippen molar-refractivity contribution in [2.24, 2.45) is 5.92 Å². The maximum absolute atomic E-state index is 3.43. The smallest absolute Gasteiger partial charge is 0.0131 e. The summed E-state index contributed by atoms with van der Waals surface area (Å²) in [6.45, 7) is 4.58. The van der Waals surface area contributed by atoms with Crippen LogP contribution in [0.5, 0.6) is 0 Å². The summed E-state index contributed by atoms with van der Waals surface area (Å²) >= 11 is 0. The Hall–Kier alpha value is -1.56. The lowest BCUT2D eigenvalue weighted by Crippen LogP contribution is -2.04. The topological polar surface area (TPSA) is 0 Å². The summed E-state index contributed by atoms with van der Waals surface area (Å²) in [4.78, 5) is 0. The van der Waals surface area contributed by atoms with E-state index in [4.69, 9.17) is 0 Å². The van der Waals surface area contributed by atoms with Crippen LogP contribution in [0.4, 0.5) is 0 Å². The SMILES string of the molecule is CC(C)C1c2[c]cccc2-c2ccccc21. The second-order valence-corrected chi connectivity index (χ2v) is 4.81. The van der Waals surface area contributed by atoms with Gasteiger partial charge < -0.3 is 0 Å². The molecule has 0 fully saturated rings. The van der Waals surface area contributed by atoms with E-state index in [2.05, 4.69) is 56.3 Å². The van der Waals surface area contributed by atoms with Crippen molar-refractivity contribution in [2.75, 3.05) is 0 Å². The zero-order valence-corrected chi connectivity index (χ0v) is 9.70. The van der Waals surface area contributed by atoms with Crippen LogP contribution >= 0.6 is 0 Å². The maximum Gasteiger partial charge on any atom is 0.0131 e. The summed E-state index contributed by atoms with van der Waals surface area (Å²) in [5.41, 5.74) is 5.61. The quantitative estimate of drug-likeness (QED) is 0.655. The third-order valence-electron chi connectivity index (χ3n) is 3.45. The van der Waals surface area contributed by atoms with E-state index < -0.39 is 0 Å². The predicted octanol–water partition coefficient (Wildman–Crippen LogP) is 4.26. The fraction of sp³-hybridized carbons (Fsp3) is 0.250. The van der Waals surface area contributed by atoms with Crippen LogP contribution in [0.2, 0.25) is 0 Å². The van der Waals surface area contributed by atoms with Crippen molar-refractivity contribution in [3.05, 3.63) is 59.7 Å². The van der Waals surface area contributed by atoms with Gasteiger partial charge in [-0.3, -0.25) is 0 Å². The van der Waals surface area contributed by atoms with Crippen LogP contribution in [0.1, 0.15) is 30.9 Å². The van der Waals surface area contributed by atoms with Crippen molar-refractivity contribution >= 4 is 0 Å². The molecule has 2 aromatic carbocycles. The summed E-state index contributed by atoms with van der Waals surface area (Å²) < 4.78 is 0. The van der Waals surface area contributed by atoms with Gasteiger partial charge in [-0.05, 0) is 34.2 Å². The van der Waals surface area contributed by atoms with Crippen LogP contribution in [0.3, 0.4) is 0 Å². The van der Waals surface area contributed by atoms with Gasteiger partial charge in [0, 0.05) is 5.92 Å². The van der Waals surface area contributed by atoms with Crippen LogP contribution in [-0.2, 0) is 0 Å². The molecule has 0 heteroatoms. The molecular weight excluding hydrogens is 192 g/mol. The molecular formula is C16H15. The molecule has 79 valence electrons. The second-order valence-electron chi connectivity index (χ2n) is 4.81. The van der Waals surface area contributed by atoms with Gasteiger partial charge in [0.05, 0.1) is 0 Å². The Balaban J connectivity index is 2.30. The fourth-order valence-corrected chi connectivity index (χ4v) is 2.80. The molecule has 0 aromatic heterocycles. The zero-order valence-electron chi connectivity index (χ0n) is 9.70. The van der Waals surface area contributed by atoms with Gasteiger partial charge in [0.25, 0.3) is 0 Å². The predicted molar refractivity (Wildman–Crippen MR) is 67.4 cm³/mol. The van der Waals surface area contributed by atoms with Crippen LogP contribution in [0.15, 0.2) is 42.5 Å². The van der Waals surface area contributed by atoms with E-state index in [1.807, 2.05) is 6.07 Å². The Morgan fingerprint density at radius 2 is 1.75 bits per heavy atom. The highest BCUT2D eigenvalue weighted by atomic mass is 14.3. The van der Waals surface area contributed by atoms with Gasteiger partial charge in [-0.2, -0.15) is 0 Å². The fourth-order valence-electron chi connectivity index (χ4n) is 2.80. The first-order chi connectivity index (χ1) is 7.79. The van der Waals surface area contributed by atoms with Crippen LogP contribution in [0, 0.1) is 12.0 Å². The molecule has 0 nitrogen and oxygen atoms in total. The van der Waals surface area contributed by atoms with Gasteiger partial charge in [0.1, 0.15) is 0 Å². The van der Waals surface area contributed by atoms with Crippen molar-refractivity contribution in [1.82, 2.24) is 0 Å². The third kappa shape index (κ3) is 1.23. The molecule has 0 saturated carbocycles. The van der Waals surface area contributed by atoms with Crippen molar-refractivity contribution < 1.29 is 0 Å². The first-order valence-electron chi connectivity index (χ1n) is 5.89. The number of fused-ring (bicyclic) bond motifs is 3. The summed E-state index contributed by atoms with van der Waals surface area (Å²) in [5.74, 6) is 1.15. The summed E-state index contributed by atoms with van der Waals surface area (Å²) in [6.07, 6.45) is 0. The first-order valence-corrected chi connectivity index (χ1v) is 5.89. The van der Waals surface area contributed by atoms with E-state index in [0.717, 1.165) is 0 Å². The van der Waals surface area contributed by atoms with E-state index in [-0.39, 0.29) is 0 Å². The van der Waals surface area contributed by atoms with Crippen LogP contribution in [0.25, 0.3) is 11.1 Å². The largest absolute Gasteiger partial charge is 0.0619 e. The lowest BCUT2D eigenvalue weighted by Gasteiger charge is -2.17. The normalized spacial score (nSPS) is 13.9. The Morgan fingerprint density at radius 1 is 1.00 bits per heavy atom. The first kappa shape index (κ1) is 9.65. The molecule has 0 N–H and O–H groups in total. The second kappa shape index (κ2) is 3.48. The van der Waals surface area contributed by atoms with Crippen molar-refractivity contribution in [3.8, 4) is 11.1 Å². The minimum absolute atomic E-state index is 0.521. The molecule has 2 aromatic rings. The number of benzene rings is 2.